The molecule has 0 aliphatic rings. The average molecular weight is 344 g/mol. The summed E-state index contributed by atoms with van der Waals surface area (Å²) in [4.78, 5) is 12.0. The summed E-state index contributed by atoms with van der Waals surface area (Å²) in [6, 6.07) is 2.31. The Labute approximate surface area is 138 Å². The van der Waals surface area contributed by atoms with Crippen LogP contribution in [-0.2, 0) is 0 Å². The Bertz CT molecular complexity index is 766. The zero-order valence-corrected chi connectivity index (χ0v) is 14.1. The number of benzene rings is 1. The maximum Gasteiger partial charge on any atom is 0.426 e. The lowest BCUT2D eigenvalue weighted by Gasteiger charge is -2.13. The Morgan fingerprint density at radius 1 is 1.39 bits per heavy atom. The molecule has 0 saturated carbocycles. The molecule has 1 atom stereocenters. The van der Waals surface area contributed by atoms with Crippen molar-refractivity contribution in [3.8, 4) is 17.3 Å². The van der Waals surface area contributed by atoms with Crippen LogP contribution in [0.5, 0.6) is 11.6 Å². The average Bonchev–Trinajstić information content (AvgIpc) is 2.76. The highest BCUT2D eigenvalue weighted by atomic mass is 35.5. The van der Waals surface area contributed by atoms with Crippen molar-refractivity contribution in [3.05, 3.63) is 39.3 Å². The van der Waals surface area contributed by atoms with Crippen molar-refractivity contribution < 1.29 is 18.7 Å². The molecule has 7 heteroatoms. The number of aromatic nitrogens is 1. The summed E-state index contributed by atoms with van der Waals surface area (Å²) in [7, 11) is 0. The minimum Gasteiger partial charge on any atom is -0.492 e. The van der Waals surface area contributed by atoms with Crippen molar-refractivity contribution in [1.82, 2.24) is 4.57 Å². The van der Waals surface area contributed by atoms with Crippen LogP contribution >= 0.6 is 11.6 Å². The number of nitrogens with zero attached hydrogens (tertiary/aromatic N) is 1. The third-order valence-electron chi connectivity index (χ3n) is 3.48. The van der Waals surface area contributed by atoms with Crippen molar-refractivity contribution in [3.63, 3.8) is 0 Å². The zero-order valence-electron chi connectivity index (χ0n) is 13.4. The first kappa shape index (κ1) is 17.4. The van der Waals surface area contributed by atoms with Crippen LogP contribution in [0.4, 0.5) is 4.39 Å². The van der Waals surface area contributed by atoms with Crippen molar-refractivity contribution >= 4 is 11.6 Å². The summed E-state index contributed by atoms with van der Waals surface area (Å²) in [6.45, 7) is 7.27. The molecule has 0 aliphatic carbocycles. The molecule has 1 unspecified atom stereocenters. The maximum atomic E-state index is 14.3. The van der Waals surface area contributed by atoms with E-state index in [4.69, 9.17) is 20.8 Å². The summed E-state index contributed by atoms with van der Waals surface area (Å²) in [6.07, 6.45) is 0.474. The lowest BCUT2D eigenvalue weighted by Crippen LogP contribution is -2.14. The van der Waals surface area contributed by atoms with E-state index < -0.39 is 17.5 Å². The molecular formula is C16H19ClFNO4. The summed E-state index contributed by atoms with van der Waals surface area (Å²) in [5, 5.41) is 10.3. The lowest BCUT2D eigenvalue weighted by molar-refractivity contribution is 0.242. The molecule has 0 fully saturated rings. The molecule has 1 heterocycles. The second kappa shape index (κ2) is 6.66. The van der Waals surface area contributed by atoms with E-state index >= 15 is 0 Å². The molecule has 23 heavy (non-hydrogen) atoms. The second-order valence-corrected chi connectivity index (χ2v) is 6.01. The van der Waals surface area contributed by atoms with E-state index in [-0.39, 0.29) is 34.2 Å². The number of hydrogen-bond acceptors (Lipinski definition) is 4. The van der Waals surface area contributed by atoms with E-state index in [0.29, 0.717) is 6.42 Å². The third kappa shape index (κ3) is 3.37. The van der Waals surface area contributed by atoms with Gasteiger partial charge in [0.1, 0.15) is 11.6 Å². The fourth-order valence-corrected chi connectivity index (χ4v) is 2.33. The van der Waals surface area contributed by atoms with Gasteiger partial charge in [-0.1, -0.05) is 25.4 Å². The van der Waals surface area contributed by atoms with Crippen LogP contribution in [-0.4, -0.2) is 15.8 Å². The monoisotopic (exact) mass is 343 g/mol. The van der Waals surface area contributed by atoms with E-state index in [1.54, 1.807) is 20.8 Å². The molecule has 0 spiro atoms. The van der Waals surface area contributed by atoms with E-state index in [1.807, 2.05) is 6.92 Å². The quantitative estimate of drug-likeness (QED) is 0.882. The van der Waals surface area contributed by atoms with Gasteiger partial charge in [-0.25, -0.2) is 13.8 Å². The van der Waals surface area contributed by atoms with Crippen LogP contribution < -0.4 is 10.5 Å². The minimum absolute atomic E-state index is 0.0816. The molecule has 2 rings (SSSR count). The summed E-state index contributed by atoms with van der Waals surface area (Å²) >= 11 is 5.95. The van der Waals surface area contributed by atoms with Gasteiger partial charge in [-0.2, -0.15) is 0 Å². The third-order valence-corrected chi connectivity index (χ3v) is 3.77. The number of halogens is 2. The van der Waals surface area contributed by atoms with Crippen molar-refractivity contribution in [1.29, 1.82) is 0 Å². The van der Waals surface area contributed by atoms with Crippen molar-refractivity contribution in [2.24, 2.45) is 0 Å². The van der Waals surface area contributed by atoms with Crippen LogP contribution in [0.1, 0.15) is 45.8 Å². The number of oxazole rings is 1. The van der Waals surface area contributed by atoms with Gasteiger partial charge in [-0.3, -0.25) is 0 Å². The molecular weight excluding hydrogens is 325 g/mol. The first-order chi connectivity index (χ1) is 10.8. The highest BCUT2D eigenvalue weighted by Gasteiger charge is 2.24. The van der Waals surface area contributed by atoms with Gasteiger partial charge in [0.15, 0.2) is 5.76 Å². The van der Waals surface area contributed by atoms with E-state index in [9.17, 15) is 14.3 Å². The largest absolute Gasteiger partial charge is 0.492 e. The van der Waals surface area contributed by atoms with Gasteiger partial charge in [0, 0.05) is 12.0 Å². The smallest absolute Gasteiger partial charge is 0.426 e. The summed E-state index contributed by atoms with van der Waals surface area (Å²) in [5.74, 6) is -1.88. The first-order valence-corrected chi connectivity index (χ1v) is 7.74. The summed E-state index contributed by atoms with van der Waals surface area (Å²) < 4.78 is 25.6. The normalized spacial score (nSPS) is 12.7. The Morgan fingerprint density at radius 2 is 2.04 bits per heavy atom. The van der Waals surface area contributed by atoms with Crippen LogP contribution in [0.2, 0.25) is 5.02 Å². The van der Waals surface area contributed by atoms with Gasteiger partial charge in [0.05, 0.1) is 16.8 Å². The Balaban J connectivity index is 2.63. The van der Waals surface area contributed by atoms with Gasteiger partial charge in [-0.15, -0.1) is 0 Å². The maximum absolute atomic E-state index is 14.3. The number of ether oxygens (including phenoxy) is 1. The SMILES string of the molecule is CCC(C)c1oc(=O)n(-c2cc(OC(C)C)c(Cl)cc2F)c1O. The predicted octanol–water partition coefficient (Wildman–Crippen LogP) is 4.23. The molecule has 126 valence electrons. The second-order valence-electron chi connectivity index (χ2n) is 5.60. The Morgan fingerprint density at radius 3 is 2.61 bits per heavy atom. The van der Waals surface area contributed by atoms with Gasteiger partial charge in [-0.05, 0) is 26.3 Å². The molecule has 2 aromatic rings. The van der Waals surface area contributed by atoms with Gasteiger partial charge < -0.3 is 14.3 Å². The lowest BCUT2D eigenvalue weighted by atomic mass is 10.1. The molecule has 1 aromatic heterocycles. The molecule has 0 radical (unpaired) electrons. The molecule has 0 amide bonds. The summed E-state index contributed by atoms with van der Waals surface area (Å²) in [5.41, 5.74) is -0.175. The van der Waals surface area contributed by atoms with Crippen LogP contribution in [0.25, 0.3) is 5.69 Å². The van der Waals surface area contributed by atoms with Crippen molar-refractivity contribution in [2.75, 3.05) is 0 Å². The van der Waals surface area contributed by atoms with E-state index in [0.717, 1.165) is 10.6 Å². The molecule has 5 nitrogen and oxygen atoms in total. The van der Waals surface area contributed by atoms with Crippen LogP contribution in [0, 0.1) is 5.82 Å². The predicted molar refractivity (Wildman–Crippen MR) is 85.4 cm³/mol. The molecule has 0 aliphatic heterocycles. The Kier molecular flexibility index (Phi) is 5.04. The molecule has 0 bridgehead atoms. The van der Waals surface area contributed by atoms with Gasteiger partial charge >= 0.3 is 5.76 Å². The van der Waals surface area contributed by atoms with Crippen LogP contribution in [0.15, 0.2) is 21.3 Å². The first-order valence-electron chi connectivity index (χ1n) is 7.37. The topological polar surface area (TPSA) is 64.6 Å². The molecule has 1 N–H and O–H groups in total. The number of aromatic hydroxyl groups is 1. The molecule has 0 saturated heterocycles. The van der Waals surface area contributed by atoms with Crippen LogP contribution in [0.3, 0.4) is 0 Å². The van der Waals surface area contributed by atoms with Gasteiger partial charge in [0.25, 0.3) is 0 Å². The van der Waals surface area contributed by atoms with E-state index in [1.165, 1.54) is 6.07 Å². The minimum atomic E-state index is -0.866. The number of rotatable bonds is 5. The van der Waals surface area contributed by atoms with Gasteiger partial charge in [0.2, 0.25) is 5.88 Å². The highest BCUT2D eigenvalue weighted by Crippen LogP contribution is 2.34. The standard InChI is InChI=1S/C16H19ClFNO4/c1-5-9(4)14-15(20)19(16(21)23-14)12-7-13(22-8(2)3)10(17)6-11(12)18/h6-9,20H,5H2,1-4H3. The zero-order chi connectivity index (χ0) is 17.3. The number of hydrogen-bond donors (Lipinski definition) is 1. The Hall–Kier alpha value is -1.95. The van der Waals surface area contributed by atoms with E-state index in [2.05, 4.69) is 0 Å². The molecule has 1 aromatic carbocycles. The van der Waals surface area contributed by atoms with Crippen molar-refractivity contribution in [2.45, 2.75) is 46.1 Å². The highest BCUT2D eigenvalue weighted by molar-refractivity contribution is 6.32. The fourth-order valence-electron chi connectivity index (χ4n) is 2.13. The fraction of sp³-hybridized carbons (Fsp3) is 0.438.